The van der Waals surface area contributed by atoms with E-state index in [1.165, 1.54) is 15.5 Å². The van der Waals surface area contributed by atoms with Gasteiger partial charge in [0, 0.05) is 30.1 Å². The van der Waals surface area contributed by atoms with Gasteiger partial charge >= 0.3 is 0 Å². The second kappa shape index (κ2) is 12.1. The summed E-state index contributed by atoms with van der Waals surface area (Å²) in [4.78, 5) is 27.8. The molecular weight excluding hydrogens is 498 g/mol. The minimum atomic E-state index is -3.55. The summed E-state index contributed by atoms with van der Waals surface area (Å²) in [6, 6.07) is 12.1. The van der Waals surface area contributed by atoms with Crippen LogP contribution in [0.3, 0.4) is 0 Å². The molecule has 9 heteroatoms. The first-order chi connectivity index (χ1) is 16.6. The van der Waals surface area contributed by atoms with Gasteiger partial charge in [0.1, 0.15) is 6.04 Å². The van der Waals surface area contributed by atoms with Crippen LogP contribution in [0.1, 0.15) is 57.2 Å². The lowest BCUT2D eigenvalue weighted by atomic mass is 10.1. The Bertz CT molecular complexity index is 1190. The van der Waals surface area contributed by atoms with E-state index in [1.807, 2.05) is 65.0 Å². The fourth-order valence-corrected chi connectivity index (χ4v) is 5.05. The van der Waals surface area contributed by atoms with Gasteiger partial charge in [-0.15, -0.1) is 0 Å². The molecule has 1 atom stereocenters. The Kier molecular flexibility index (Phi) is 9.97. The fourth-order valence-electron chi connectivity index (χ4n) is 3.84. The number of rotatable bonds is 10. The lowest BCUT2D eigenvalue weighted by Crippen LogP contribution is -2.52. The summed E-state index contributed by atoms with van der Waals surface area (Å²) >= 11 is 6.34. The predicted molar refractivity (Wildman–Crippen MR) is 147 cm³/mol. The fraction of sp³-hybridized carbons (Fsp3) is 0.481. The van der Waals surface area contributed by atoms with Crippen LogP contribution in [0.2, 0.25) is 5.02 Å². The molecular formula is C27H38ClN3O4S. The molecule has 2 aromatic rings. The van der Waals surface area contributed by atoms with Gasteiger partial charge < -0.3 is 10.2 Å². The quantitative estimate of drug-likeness (QED) is 0.472. The number of hydrogen-bond donors (Lipinski definition) is 1. The Labute approximate surface area is 220 Å². The summed E-state index contributed by atoms with van der Waals surface area (Å²) in [7, 11) is -3.55. The van der Waals surface area contributed by atoms with Gasteiger partial charge in [0.05, 0.1) is 11.9 Å². The zero-order valence-electron chi connectivity index (χ0n) is 22.3. The molecule has 0 saturated heterocycles. The predicted octanol–water partition coefficient (Wildman–Crippen LogP) is 4.84. The number of anilines is 1. The third kappa shape index (κ3) is 8.52. The Balaban J connectivity index is 2.24. The molecule has 0 fully saturated rings. The van der Waals surface area contributed by atoms with Gasteiger partial charge in [-0.2, -0.15) is 0 Å². The number of amides is 2. The van der Waals surface area contributed by atoms with Crippen LogP contribution in [0, 0.1) is 13.8 Å². The molecule has 2 amide bonds. The van der Waals surface area contributed by atoms with E-state index in [9.17, 15) is 18.0 Å². The lowest BCUT2D eigenvalue weighted by molar-refractivity contribution is -0.141. The maximum absolute atomic E-state index is 13.4. The first kappa shape index (κ1) is 29.6. The molecule has 0 saturated carbocycles. The molecule has 0 radical (unpaired) electrons. The Morgan fingerprint density at radius 2 is 1.72 bits per heavy atom. The highest BCUT2D eigenvalue weighted by Crippen LogP contribution is 2.25. The van der Waals surface area contributed by atoms with Crippen LogP contribution in [0.5, 0.6) is 0 Å². The summed E-state index contributed by atoms with van der Waals surface area (Å²) < 4.78 is 26.5. The highest BCUT2D eigenvalue weighted by Gasteiger charge is 2.29. The summed E-state index contributed by atoms with van der Waals surface area (Å²) in [5, 5.41) is 3.44. The topological polar surface area (TPSA) is 86.8 Å². The number of nitrogens with one attached hydrogen (secondary N) is 1. The third-order valence-electron chi connectivity index (χ3n) is 5.75. The number of benzene rings is 2. The van der Waals surface area contributed by atoms with Crippen LogP contribution in [-0.4, -0.2) is 49.5 Å². The van der Waals surface area contributed by atoms with Crippen molar-refractivity contribution in [1.29, 1.82) is 0 Å². The minimum absolute atomic E-state index is 0.0779. The van der Waals surface area contributed by atoms with Crippen molar-refractivity contribution in [3.63, 3.8) is 0 Å². The molecule has 2 rings (SSSR count). The van der Waals surface area contributed by atoms with Crippen molar-refractivity contribution >= 4 is 39.1 Å². The maximum Gasteiger partial charge on any atom is 0.242 e. The van der Waals surface area contributed by atoms with Crippen LogP contribution in [-0.2, 0) is 26.2 Å². The molecule has 7 nitrogen and oxygen atoms in total. The Hall–Kier alpha value is -2.58. The highest BCUT2D eigenvalue weighted by atomic mass is 35.5. The first-order valence-corrected chi connectivity index (χ1v) is 14.2. The smallest absolute Gasteiger partial charge is 0.242 e. The van der Waals surface area contributed by atoms with Crippen LogP contribution in [0.4, 0.5) is 5.69 Å². The summed E-state index contributed by atoms with van der Waals surface area (Å²) in [5.41, 5.74) is 2.67. The second-order valence-electron chi connectivity index (χ2n) is 10.3. The zero-order chi connectivity index (χ0) is 27.3. The third-order valence-corrected chi connectivity index (χ3v) is 7.30. The van der Waals surface area contributed by atoms with E-state index in [0.29, 0.717) is 17.1 Å². The molecule has 0 aromatic heterocycles. The molecule has 0 unspecified atom stereocenters. The number of nitrogens with zero attached hydrogens (tertiary/aromatic N) is 2. The van der Waals surface area contributed by atoms with Gasteiger partial charge in [-0.25, -0.2) is 8.42 Å². The first-order valence-electron chi connectivity index (χ1n) is 12.0. The average molecular weight is 536 g/mol. The van der Waals surface area contributed by atoms with E-state index in [0.717, 1.165) is 16.7 Å². The van der Waals surface area contributed by atoms with Crippen LogP contribution in [0.15, 0.2) is 42.5 Å². The second-order valence-corrected chi connectivity index (χ2v) is 12.6. The molecule has 1 N–H and O–H groups in total. The molecule has 198 valence electrons. The van der Waals surface area contributed by atoms with Crippen molar-refractivity contribution in [2.75, 3.05) is 17.1 Å². The SMILES string of the molecule is Cc1ccc(C)c(N(CCCC(=O)N(Cc2ccccc2Cl)[C@@H](C)C(=O)NC(C)(C)C)S(C)(=O)=O)c1. The van der Waals surface area contributed by atoms with E-state index in [-0.39, 0.29) is 31.3 Å². The normalized spacial score (nSPS) is 12.7. The van der Waals surface area contributed by atoms with E-state index in [2.05, 4.69) is 5.32 Å². The molecule has 0 heterocycles. The summed E-state index contributed by atoms with van der Waals surface area (Å²) in [6.07, 6.45) is 1.54. The molecule has 2 aromatic carbocycles. The molecule has 0 aliphatic carbocycles. The van der Waals surface area contributed by atoms with Crippen LogP contribution < -0.4 is 9.62 Å². The molecule has 0 aliphatic heterocycles. The van der Waals surface area contributed by atoms with Gasteiger partial charge in [-0.1, -0.05) is 41.9 Å². The van der Waals surface area contributed by atoms with E-state index >= 15 is 0 Å². The Morgan fingerprint density at radius 3 is 2.31 bits per heavy atom. The number of carbonyl (C=O) groups excluding carboxylic acids is 2. The minimum Gasteiger partial charge on any atom is -0.350 e. The zero-order valence-corrected chi connectivity index (χ0v) is 23.8. The maximum atomic E-state index is 13.4. The largest absolute Gasteiger partial charge is 0.350 e. The van der Waals surface area contributed by atoms with Crippen LogP contribution in [0.25, 0.3) is 0 Å². The lowest BCUT2D eigenvalue weighted by Gasteiger charge is -2.32. The number of halogens is 1. The van der Waals surface area contributed by atoms with Crippen molar-refractivity contribution in [1.82, 2.24) is 10.2 Å². The number of hydrogen-bond acceptors (Lipinski definition) is 4. The molecule has 0 aliphatic rings. The standard InChI is InChI=1S/C27H38ClN3O4S/c1-19-14-15-20(2)24(17-19)31(36(7,34)35)16-10-13-25(32)30(18-22-11-8-9-12-23(22)28)21(3)26(33)29-27(4,5)6/h8-9,11-12,14-15,17,21H,10,13,16,18H2,1-7H3,(H,29,33)/t21-/m0/s1. The van der Waals surface area contributed by atoms with Gasteiger partial charge in [-0.3, -0.25) is 13.9 Å². The van der Waals surface area contributed by atoms with Gasteiger partial charge in [-0.05, 0) is 76.8 Å². The number of carbonyl (C=O) groups is 2. The summed E-state index contributed by atoms with van der Waals surface area (Å²) in [6.45, 7) is 11.4. The van der Waals surface area contributed by atoms with Gasteiger partial charge in [0.25, 0.3) is 0 Å². The van der Waals surface area contributed by atoms with Crippen molar-refractivity contribution in [3.05, 3.63) is 64.2 Å². The average Bonchev–Trinajstić information content (AvgIpc) is 2.75. The number of aryl methyl sites for hydroxylation is 2. The monoisotopic (exact) mass is 535 g/mol. The van der Waals surface area contributed by atoms with E-state index in [1.54, 1.807) is 19.1 Å². The van der Waals surface area contributed by atoms with Gasteiger partial charge in [0.15, 0.2) is 0 Å². The van der Waals surface area contributed by atoms with Crippen LogP contribution >= 0.6 is 11.6 Å². The van der Waals surface area contributed by atoms with E-state index in [4.69, 9.17) is 11.6 Å². The van der Waals surface area contributed by atoms with Crippen molar-refractivity contribution < 1.29 is 18.0 Å². The Morgan fingerprint density at radius 1 is 1.08 bits per heavy atom. The van der Waals surface area contributed by atoms with Gasteiger partial charge in [0.2, 0.25) is 21.8 Å². The van der Waals surface area contributed by atoms with Crippen molar-refractivity contribution in [3.8, 4) is 0 Å². The van der Waals surface area contributed by atoms with E-state index < -0.39 is 21.6 Å². The van der Waals surface area contributed by atoms with Crippen molar-refractivity contribution in [2.24, 2.45) is 0 Å². The highest BCUT2D eigenvalue weighted by molar-refractivity contribution is 7.92. The summed E-state index contributed by atoms with van der Waals surface area (Å²) in [5.74, 6) is -0.517. The molecule has 0 spiro atoms. The van der Waals surface area contributed by atoms with Crippen molar-refractivity contribution in [2.45, 2.75) is 72.5 Å². The molecule has 0 bridgehead atoms. The molecule has 36 heavy (non-hydrogen) atoms. The number of sulfonamides is 1.